The highest BCUT2D eigenvalue weighted by Crippen LogP contribution is 2.33. The van der Waals surface area contributed by atoms with E-state index in [1.807, 2.05) is 13.0 Å². The SMILES string of the molecule is CCc1[nH]c2cccc(O)c2c1Cl. The summed E-state index contributed by atoms with van der Waals surface area (Å²) in [4.78, 5) is 3.16. The summed E-state index contributed by atoms with van der Waals surface area (Å²) in [7, 11) is 0. The molecule has 1 aromatic heterocycles. The molecule has 0 saturated heterocycles. The lowest BCUT2D eigenvalue weighted by molar-refractivity contribution is 0.482. The van der Waals surface area contributed by atoms with Gasteiger partial charge in [0.25, 0.3) is 0 Å². The number of fused-ring (bicyclic) bond motifs is 1. The summed E-state index contributed by atoms with van der Waals surface area (Å²) in [6, 6.07) is 5.34. The van der Waals surface area contributed by atoms with Crippen LogP contribution in [0.1, 0.15) is 12.6 Å². The molecule has 0 bridgehead atoms. The zero-order chi connectivity index (χ0) is 9.42. The number of benzene rings is 1. The van der Waals surface area contributed by atoms with Crippen LogP contribution in [0.5, 0.6) is 5.75 Å². The van der Waals surface area contributed by atoms with Crippen molar-refractivity contribution < 1.29 is 5.11 Å². The summed E-state index contributed by atoms with van der Waals surface area (Å²) in [5.74, 6) is 0.235. The number of aromatic hydroxyl groups is 1. The minimum absolute atomic E-state index is 0.235. The normalized spacial score (nSPS) is 10.9. The van der Waals surface area contributed by atoms with Crippen LogP contribution in [-0.4, -0.2) is 10.1 Å². The predicted octanol–water partition coefficient (Wildman–Crippen LogP) is 3.09. The summed E-state index contributed by atoms with van der Waals surface area (Å²) in [6.45, 7) is 2.02. The van der Waals surface area contributed by atoms with Crippen molar-refractivity contribution in [3.8, 4) is 5.75 Å². The van der Waals surface area contributed by atoms with E-state index >= 15 is 0 Å². The Morgan fingerprint density at radius 3 is 2.85 bits per heavy atom. The van der Waals surface area contributed by atoms with Crippen molar-refractivity contribution in [1.29, 1.82) is 0 Å². The first kappa shape index (κ1) is 8.45. The monoisotopic (exact) mass is 195 g/mol. The number of hydrogen-bond acceptors (Lipinski definition) is 1. The van der Waals surface area contributed by atoms with Crippen molar-refractivity contribution in [2.75, 3.05) is 0 Å². The number of aromatic amines is 1. The van der Waals surface area contributed by atoms with Gasteiger partial charge in [0.2, 0.25) is 0 Å². The number of aromatic nitrogens is 1. The first-order chi connectivity index (χ1) is 6.24. The fourth-order valence-corrected chi connectivity index (χ4v) is 1.87. The average Bonchev–Trinajstić information content (AvgIpc) is 2.44. The Balaban J connectivity index is 2.85. The molecule has 0 radical (unpaired) electrons. The van der Waals surface area contributed by atoms with E-state index in [-0.39, 0.29) is 5.75 Å². The summed E-state index contributed by atoms with van der Waals surface area (Å²) >= 11 is 6.07. The molecule has 2 aromatic rings. The maximum atomic E-state index is 9.56. The minimum Gasteiger partial charge on any atom is -0.507 e. The predicted molar refractivity (Wildman–Crippen MR) is 54.4 cm³/mol. The first-order valence-electron chi connectivity index (χ1n) is 4.22. The Morgan fingerprint density at radius 1 is 1.46 bits per heavy atom. The molecule has 3 heteroatoms. The van der Waals surface area contributed by atoms with E-state index in [0.717, 1.165) is 23.0 Å². The first-order valence-corrected chi connectivity index (χ1v) is 4.60. The standard InChI is InChI=1S/C10H10ClNO/c1-2-6-10(11)9-7(12-6)4-3-5-8(9)13/h3-5,12-13H,2H2,1H3. The molecule has 0 amide bonds. The van der Waals surface area contributed by atoms with E-state index in [4.69, 9.17) is 11.6 Å². The molecule has 0 aliphatic rings. The Hall–Kier alpha value is -1.15. The Bertz CT molecular complexity index is 447. The Morgan fingerprint density at radius 2 is 2.23 bits per heavy atom. The van der Waals surface area contributed by atoms with Crippen molar-refractivity contribution >= 4 is 22.5 Å². The zero-order valence-corrected chi connectivity index (χ0v) is 8.02. The van der Waals surface area contributed by atoms with Gasteiger partial charge in [-0.2, -0.15) is 0 Å². The maximum absolute atomic E-state index is 9.56. The van der Waals surface area contributed by atoms with Crippen LogP contribution in [0.3, 0.4) is 0 Å². The van der Waals surface area contributed by atoms with Gasteiger partial charge in [-0.1, -0.05) is 24.6 Å². The molecular formula is C10H10ClNO. The van der Waals surface area contributed by atoms with Crippen LogP contribution in [0.15, 0.2) is 18.2 Å². The number of nitrogens with one attached hydrogen (secondary N) is 1. The van der Waals surface area contributed by atoms with Crippen molar-refractivity contribution in [3.05, 3.63) is 28.9 Å². The van der Waals surface area contributed by atoms with Crippen molar-refractivity contribution in [1.82, 2.24) is 4.98 Å². The van der Waals surface area contributed by atoms with Gasteiger partial charge in [0.15, 0.2) is 0 Å². The number of rotatable bonds is 1. The van der Waals surface area contributed by atoms with Crippen LogP contribution in [-0.2, 0) is 6.42 Å². The molecule has 2 rings (SSSR count). The van der Waals surface area contributed by atoms with Gasteiger partial charge in [0, 0.05) is 5.69 Å². The second-order valence-electron chi connectivity index (χ2n) is 2.97. The van der Waals surface area contributed by atoms with E-state index in [1.54, 1.807) is 12.1 Å². The highest BCUT2D eigenvalue weighted by molar-refractivity contribution is 6.37. The number of aryl methyl sites for hydroxylation is 1. The number of phenolic OH excluding ortho intramolecular Hbond substituents is 1. The number of H-pyrrole nitrogens is 1. The van der Waals surface area contributed by atoms with Gasteiger partial charge in [0.1, 0.15) is 5.75 Å². The van der Waals surface area contributed by atoms with Crippen molar-refractivity contribution in [3.63, 3.8) is 0 Å². The smallest absolute Gasteiger partial charge is 0.126 e. The van der Waals surface area contributed by atoms with Crippen LogP contribution in [0.25, 0.3) is 10.9 Å². The minimum atomic E-state index is 0.235. The largest absolute Gasteiger partial charge is 0.507 e. The number of hydrogen-bond donors (Lipinski definition) is 2. The molecule has 0 fully saturated rings. The van der Waals surface area contributed by atoms with Gasteiger partial charge < -0.3 is 10.1 Å². The fourth-order valence-electron chi connectivity index (χ4n) is 1.49. The highest BCUT2D eigenvalue weighted by Gasteiger charge is 2.10. The number of halogens is 1. The lowest BCUT2D eigenvalue weighted by atomic mass is 10.2. The topological polar surface area (TPSA) is 36.0 Å². The summed E-state index contributed by atoms with van der Waals surface area (Å²) < 4.78 is 0. The maximum Gasteiger partial charge on any atom is 0.126 e. The lowest BCUT2D eigenvalue weighted by Gasteiger charge is -1.93. The van der Waals surface area contributed by atoms with E-state index < -0.39 is 0 Å². The molecule has 2 nitrogen and oxygen atoms in total. The molecule has 0 saturated carbocycles. The van der Waals surface area contributed by atoms with Crippen molar-refractivity contribution in [2.24, 2.45) is 0 Å². The third-order valence-electron chi connectivity index (χ3n) is 2.17. The van der Waals surface area contributed by atoms with Crippen LogP contribution in [0.2, 0.25) is 5.02 Å². The van der Waals surface area contributed by atoms with Crippen LogP contribution in [0, 0.1) is 0 Å². The lowest BCUT2D eigenvalue weighted by Crippen LogP contribution is -1.77. The van der Waals surface area contributed by atoms with Gasteiger partial charge in [-0.05, 0) is 18.6 Å². The Kier molecular flexibility index (Phi) is 1.93. The van der Waals surface area contributed by atoms with E-state index in [1.165, 1.54) is 0 Å². The molecule has 13 heavy (non-hydrogen) atoms. The van der Waals surface area contributed by atoms with Gasteiger partial charge in [0.05, 0.1) is 15.9 Å². The third kappa shape index (κ3) is 1.18. The second-order valence-corrected chi connectivity index (χ2v) is 3.35. The zero-order valence-electron chi connectivity index (χ0n) is 7.26. The van der Waals surface area contributed by atoms with Crippen LogP contribution in [0.4, 0.5) is 0 Å². The molecule has 1 aromatic carbocycles. The molecule has 0 atom stereocenters. The molecule has 68 valence electrons. The third-order valence-corrected chi connectivity index (χ3v) is 2.58. The summed E-state index contributed by atoms with van der Waals surface area (Å²) in [5, 5.41) is 10.9. The molecule has 0 spiro atoms. The molecule has 2 N–H and O–H groups in total. The van der Waals surface area contributed by atoms with Gasteiger partial charge in [-0.15, -0.1) is 0 Å². The van der Waals surface area contributed by atoms with Gasteiger partial charge in [-0.3, -0.25) is 0 Å². The summed E-state index contributed by atoms with van der Waals surface area (Å²) in [5.41, 5.74) is 1.86. The van der Waals surface area contributed by atoms with Crippen molar-refractivity contribution in [2.45, 2.75) is 13.3 Å². The van der Waals surface area contributed by atoms with Crippen LogP contribution >= 0.6 is 11.6 Å². The molecule has 0 aliphatic carbocycles. The molecule has 0 unspecified atom stereocenters. The second kappa shape index (κ2) is 2.96. The van der Waals surface area contributed by atoms with E-state index in [9.17, 15) is 5.11 Å². The molecule has 0 aliphatic heterocycles. The Labute approximate surface area is 81.1 Å². The van der Waals surface area contributed by atoms with E-state index in [2.05, 4.69) is 4.98 Å². The van der Waals surface area contributed by atoms with E-state index in [0.29, 0.717) is 5.02 Å². The molecular weight excluding hydrogens is 186 g/mol. The fraction of sp³-hybridized carbons (Fsp3) is 0.200. The highest BCUT2D eigenvalue weighted by atomic mass is 35.5. The quantitative estimate of drug-likeness (QED) is 0.721. The van der Waals surface area contributed by atoms with Crippen LogP contribution < -0.4 is 0 Å². The molecule has 1 heterocycles. The number of phenols is 1. The average molecular weight is 196 g/mol. The summed E-state index contributed by atoms with van der Waals surface area (Å²) in [6.07, 6.45) is 0.840. The van der Waals surface area contributed by atoms with Gasteiger partial charge >= 0.3 is 0 Å². The van der Waals surface area contributed by atoms with Gasteiger partial charge in [-0.25, -0.2) is 0 Å².